The van der Waals surface area contributed by atoms with E-state index in [1.165, 1.54) is 18.2 Å². The highest BCUT2D eigenvalue weighted by molar-refractivity contribution is 7.14. The van der Waals surface area contributed by atoms with Crippen LogP contribution < -0.4 is 5.32 Å². The molecule has 2 aromatic heterocycles. The molecule has 1 spiro atoms. The number of hydrogen-bond donors (Lipinski definition) is 1. The van der Waals surface area contributed by atoms with Crippen LogP contribution in [0, 0.1) is 10.8 Å². The predicted octanol–water partition coefficient (Wildman–Crippen LogP) is 8.01. The first kappa shape index (κ1) is 36.4. The van der Waals surface area contributed by atoms with Crippen molar-refractivity contribution in [3.05, 3.63) is 94.2 Å². The maximum Gasteiger partial charge on any atom is 0.320 e. The van der Waals surface area contributed by atoms with Gasteiger partial charge in [0.15, 0.2) is 0 Å². The molecule has 270 valence electrons. The fourth-order valence-corrected chi connectivity index (χ4v) is 7.98. The van der Waals surface area contributed by atoms with Gasteiger partial charge in [-0.3, -0.25) is 24.6 Å². The normalized spacial score (nSPS) is 19.5. The summed E-state index contributed by atoms with van der Waals surface area (Å²) in [4.78, 5) is 47.5. The van der Waals surface area contributed by atoms with Crippen LogP contribution in [0.25, 0.3) is 11.0 Å². The van der Waals surface area contributed by atoms with E-state index >= 15 is 0 Å². The van der Waals surface area contributed by atoms with Crippen molar-refractivity contribution in [3.63, 3.8) is 0 Å². The van der Waals surface area contributed by atoms with Gasteiger partial charge in [0, 0.05) is 31.7 Å². The Balaban J connectivity index is 1.26. The SMILES string of the molecule is C=CC(=O)N1CC[C@]2(C1)C[C@@H](n1c(NC(=O)c3ccc(C(F)F)s3)nc3cc(CN(CC(=O)OCc4ccccc4)[C@@H](C)C(C)(C)C)ccc31)C2. The minimum atomic E-state index is -2.66. The number of nitrogens with one attached hydrogen (secondary N) is 1. The molecule has 2 amide bonds. The fourth-order valence-electron chi connectivity index (χ4n) is 7.23. The van der Waals surface area contributed by atoms with Crippen LogP contribution in [-0.2, 0) is 27.5 Å². The summed E-state index contributed by atoms with van der Waals surface area (Å²) < 4.78 is 34.3. The summed E-state index contributed by atoms with van der Waals surface area (Å²) in [6.45, 7) is 14.3. The number of carbonyl (C=O) groups is 3. The highest BCUT2D eigenvalue weighted by Crippen LogP contribution is 2.55. The number of nitrogens with zero attached hydrogens (tertiary/aromatic N) is 4. The Morgan fingerprint density at radius 3 is 2.53 bits per heavy atom. The van der Waals surface area contributed by atoms with Gasteiger partial charge in [-0.1, -0.05) is 63.7 Å². The van der Waals surface area contributed by atoms with E-state index in [9.17, 15) is 23.2 Å². The molecule has 2 fully saturated rings. The number of carbonyl (C=O) groups excluding carboxylic acids is 3. The average molecular weight is 718 g/mol. The summed E-state index contributed by atoms with van der Waals surface area (Å²) in [7, 11) is 0. The second-order valence-corrected chi connectivity index (χ2v) is 16.1. The molecule has 12 heteroatoms. The number of aromatic nitrogens is 2. The van der Waals surface area contributed by atoms with Crippen LogP contribution in [0.5, 0.6) is 0 Å². The van der Waals surface area contributed by atoms with E-state index in [1.54, 1.807) is 0 Å². The Morgan fingerprint density at radius 2 is 1.86 bits per heavy atom. The molecular weight excluding hydrogens is 673 g/mol. The van der Waals surface area contributed by atoms with Crippen LogP contribution in [0.1, 0.15) is 85.1 Å². The van der Waals surface area contributed by atoms with Crippen molar-refractivity contribution in [1.29, 1.82) is 0 Å². The molecule has 51 heavy (non-hydrogen) atoms. The van der Waals surface area contributed by atoms with Gasteiger partial charge in [-0.2, -0.15) is 0 Å². The number of anilines is 1. The Morgan fingerprint density at radius 1 is 1.12 bits per heavy atom. The van der Waals surface area contributed by atoms with Crippen molar-refractivity contribution in [3.8, 4) is 0 Å². The number of halogens is 2. The van der Waals surface area contributed by atoms with E-state index in [4.69, 9.17) is 9.72 Å². The summed E-state index contributed by atoms with van der Waals surface area (Å²) in [6.07, 6.45) is 1.20. The van der Waals surface area contributed by atoms with E-state index in [0.29, 0.717) is 31.1 Å². The number of imidazole rings is 1. The van der Waals surface area contributed by atoms with Gasteiger partial charge >= 0.3 is 5.97 Å². The molecule has 1 saturated carbocycles. The van der Waals surface area contributed by atoms with Crippen LogP contribution in [-0.4, -0.2) is 62.8 Å². The van der Waals surface area contributed by atoms with Gasteiger partial charge in [0.2, 0.25) is 11.9 Å². The number of ether oxygens (including phenoxy) is 1. The lowest BCUT2D eigenvalue weighted by molar-refractivity contribution is -0.147. The number of hydrogen-bond acceptors (Lipinski definition) is 7. The van der Waals surface area contributed by atoms with Crippen molar-refractivity contribution in [2.75, 3.05) is 25.0 Å². The van der Waals surface area contributed by atoms with Crippen molar-refractivity contribution in [2.24, 2.45) is 10.8 Å². The first-order valence-corrected chi connectivity index (χ1v) is 18.1. The predicted molar refractivity (Wildman–Crippen MR) is 195 cm³/mol. The molecule has 2 aromatic carbocycles. The molecule has 6 rings (SSSR count). The van der Waals surface area contributed by atoms with Gasteiger partial charge < -0.3 is 14.2 Å². The third-order valence-corrected chi connectivity index (χ3v) is 11.5. The molecule has 0 unspecified atom stereocenters. The van der Waals surface area contributed by atoms with Crippen LogP contribution in [0.2, 0.25) is 0 Å². The van der Waals surface area contributed by atoms with Crippen molar-refractivity contribution < 1.29 is 27.9 Å². The van der Waals surface area contributed by atoms with Crippen LogP contribution in [0.15, 0.2) is 73.3 Å². The lowest BCUT2D eigenvalue weighted by Crippen LogP contribution is -2.44. The average Bonchev–Trinajstić information content (AvgIpc) is 3.83. The molecule has 1 N–H and O–H groups in total. The number of alkyl halides is 2. The summed E-state index contributed by atoms with van der Waals surface area (Å²) >= 11 is 0.762. The zero-order chi connectivity index (χ0) is 36.5. The zero-order valence-corrected chi connectivity index (χ0v) is 30.3. The monoisotopic (exact) mass is 717 g/mol. The molecule has 2 aliphatic rings. The van der Waals surface area contributed by atoms with E-state index < -0.39 is 12.3 Å². The minimum Gasteiger partial charge on any atom is -0.460 e. The second kappa shape index (κ2) is 14.7. The quantitative estimate of drug-likeness (QED) is 0.118. The molecule has 1 aliphatic heterocycles. The highest BCUT2D eigenvalue weighted by atomic mass is 32.1. The van der Waals surface area contributed by atoms with Crippen molar-refractivity contribution >= 4 is 46.1 Å². The summed E-state index contributed by atoms with van der Waals surface area (Å²) in [5.41, 5.74) is 3.24. The van der Waals surface area contributed by atoms with Crippen LogP contribution >= 0.6 is 11.3 Å². The van der Waals surface area contributed by atoms with Gasteiger partial charge in [-0.25, -0.2) is 13.8 Å². The molecule has 0 radical (unpaired) electrons. The van der Waals surface area contributed by atoms with Crippen molar-refractivity contribution in [2.45, 2.75) is 78.6 Å². The van der Waals surface area contributed by atoms with Gasteiger partial charge in [0.1, 0.15) is 6.61 Å². The third-order valence-electron chi connectivity index (χ3n) is 10.4. The highest BCUT2D eigenvalue weighted by Gasteiger charge is 2.50. The van der Waals surface area contributed by atoms with E-state index in [0.717, 1.165) is 47.2 Å². The lowest BCUT2D eigenvalue weighted by atomic mass is 9.64. The number of benzene rings is 2. The largest absolute Gasteiger partial charge is 0.460 e. The summed E-state index contributed by atoms with van der Waals surface area (Å²) in [5.74, 6) is -0.531. The number of thiophene rings is 1. The first-order chi connectivity index (χ1) is 24.2. The molecule has 1 saturated heterocycles. The summed E-state index contributed by atoms with van der Waals surface area (Å²) in [6, 6.07) is 18.3. The lowest BCUT2D eigenvalue weighted by Gasteiger charge is -2.46. The molecule has 9 nitrogen and oxygen atoms in total. The van der Waals surface area contributed by atoms with Gasteiger partial charge in [0.25, 0.3) is 12.3 Å². The Kier molecular flexibility index (Phi) is 10.5. The number of likely N-dealkylation sites (tertiary alicyclic amines) is 1. The van der Waals surface area contributed by atoms with E-state index in [1.807, 2.05) is 58.0 Å². The maximum absolute atomic E-state index is 13.3. The Labute approximate surface area is 301 Å². The topological polar surface area (TPSA) is 96.8 Å². The molecule has 1 aliphatic carbocycles. The Hall–Kier alpha value is -4.42. The minimum absolute atomic E-state index is 0.0141. The van der Waals surface area contributed by atoms with E-state index in [2.05, 4.69) is 44.5 Å². The maximum atomic E-state index is 13.3. The molecule has 1 atom stereocenters. The number of fused-ring (bicyclic) bond motifs is 1. The van der Waals surface area contributed by atoms with E-state index in [-0.39, 0.29) is 57.7 Å². The smallest absolute Gasteiger partial charge is 0.320 e. The van der Waals surface area contributed by atoms with Gasteiger partial charge in [0.05, 0.1) is 27.3 Å². The number of esters is 1. The summed E-state index contributed by atoms with van der Waals surface area (Å²) in [5, 5.41) is 2.91. The standard InChI is InChI=1S/C39H45F2N5O4S/c1-6-33(47)44-17-16-39(24-44)19-28(20-39)46-30-13-12-27(18-29(30)42-37(46)43-36(49)32-15-14-31(51-32)35(40)41)21-45(25(2)38(3,4)5)22-34(48)50-23-26-10-8-7-9-11-26/h6-15,18,25,28,35H,1,16-17,19-24H2,2-5H3,(H,42,43,49)/t25-,28-,39+/m0/s1. The van der Waals surface area contributed by atoms with Crippen LogP contribution in [0.3, 0.4) is 0 Å². The molecule has 0 bridgehead atoms. The first-order valence-electron chi connectivity index (χ1n) is 17.3. The zero-order valence-electron chi connectivity index (χ0n) is 29.5. The molecular formula is C39H45F2N5O4S. The second-order valence-electron chi connectivity index (χ2n) is 15.0. The molecule has 3 heterocycles. The fraction of sp³-hybridized carbons (Fsp3) is 0.436. The number of rotatable bonds is 12. The molecule has 4 aromatic rings. The number of amides is 2. The third kappa shape index (κ3) is 8.07. The van der Waals surface area contributed by atoms with Gasteiger partial charge in [-0.05, 0) is 78.5 Å². The Bertz CT molecular complexity index is 1910. The van der Waals surface area contributed by atoms with Crippen molar-refractivity contribution in [1.82, 2.24) is 19.4 Å². The van der Waals surface area contributed by atoms with Gasteiger partial charge in [-0.15, -0.1) is 11.3 Å². The van der Waals surface area contributed by atoms with Crippen LogP contribution in [0.4, 0.5) is 14.7 Å².